The normalized spacial score (nSPS) is 31.6. The van der Waals surface area contributed by atoms with Crippen LogP contribution in [0.3, 0.4) is 0 Å². The first-order valence-electron chi connectivity index (χ1n) is 7.40. The van der Waals surface area contributed by atoms with Crippen LogP contribution >= 0.6 is 0 Å². The molecule has 1 aliphatic rings. The lowest BCUT2D eigenvalue weighted by Gasteiger charge is -2.36. The van der Waals surface area contributed by atoms with Crippen molar-refractivity contribution in [3.8, 4) is 0 Å². The molecule has 5 nitrogen and oxygen atoms in total. The zero-order valence-electron chi connectivity index (χ0n) is 11.8. The van der Waals surface area contributed by atoms with E-state index >= 15 is 0 Å². The summed E-state index contributed by atoms with van der Waals surface area (Å²) in [5, 5.41) is 28.5. The Hall–Kier alpha value is -0.200. The van der Waals surface area contributed by atoms with Gasteiger partial charge in [0.15, 0.2) is 0 Å². The number of ether oxygens (including phenoxy) is 2. The van der Waals surface area contributed by atoms with Crippen LogP contribution in [0.15, 0.2) is 0 Å². The van der Waals surface area contributed by atoms with E-state index in [9.17, 15) is 10.2 Å². The molecule has 0 amide bonds. The van der Waals surface area contributed by atoms with Crippen molar-refractivity contribution >= 4 is 0 Å². The summed E-state index contributed by atoms with van der Waals surface area (Å²) in [6, 6.07) is 0. The molecule has 3 N–H and O–H groups in total. The van der Waals surface area contributed by atoms with Crippen LogP contribution in [0.25, 0.3) is 0 Å². The van der Waals surface area contributed by atoms with Crippen LogP contribution in [0.4, 0.5) is 0 Å². The molecule has 0 unspecified atom stereocenters. The van der Waals surface area contributed by atoms with Gasteiger partial charge in [0.05, 0.1) is 13.2 Å². The smallest absolute Gasteiger partial charge is 0.111 e. The molecule has 19 heavy (non-hydrogen) atoms. The van der Waals surface area contributed by atoms with E-state index in [0.29, 0.717) is 6.61 Å². The molecular weight excluding hydrogens is 248 g/mol. The fourth-order valence-corrected chi connectivity index (χ4v) is 2.28. The summed E-state index contributed by atoms with van der Waals surface area (Å²) >= 11 is 0. The molecule has 4 atom stereocenters. The number of unbranched alkanes of at least 4 members (excludes halogenated alkanes) is 5. The van der Waals surface area contributed by atoms with Gasteiger partial charge in [0, 0.05) is 6.61 Å². The van der Waals surface area contributed by atoms with Gasteiger partial charge in [-0.3, -0.25) is 0 Å². The zero-order valence-corrected chi connectivity index (χ0v) is 11.8. The van der Waals surface area contributed by atoms with E-state index in [-0.39, 0.29) is 13.2 Å². The highest BCUT2D eigenvalue weighted by Crippen LogP contribution is 2.18. The van der Waals surface area contributed by atoms with Crippen LogP contribution in [-0.2, 0) is 9.47 Å². The second kappa shape index (κ2) is 9.66. The summed E-state index contributed by atoms with van der Waals surface area (Å²) in [4.78, 5) is 0. The predicted molar refractivity (Wildman–Crippen MR) is 72.0 cm³/mol. The summed E-state index contributed by atoms with van der Waals surface area (Å²) in [6.45, 7) is 2.70. The van der Waals surface area contributed by atoms with Crippen molar-refractivity contribution in [2.75, 3.05) is 19.8 Å². The molecule has 0 aromatic carbocycles. The summed E-state index contributed by atoms with van der Waals surface area (Å²) in [5.41, 5.74) is 0. The minimum absolute atomic E-state index is 0.222. The molecule has 0 radical (unpaired) electrons. The Kier molecular flexibility index (Phi) is 8.57. The molecule has 5 heteroatoms. The molecule has 0 spiro atoms. The van der Waals surface area contributed by atoms with Crippen molar-refractivity contribution < 1.29 is 24.8 Å². The van der Waals surface area contributed by atoms with Gasteiger partial charge in [0.1, 0.15) is 24.4 Å². The van der Waals surface area contributed by atoms with Gasteiger partial charge in [-0.1, -0.05) is 39.0 Å². The van der Waals surface area contributed by atoms with Gasteiger partial charge in [-0.2, -0.15) is 0 Å². The fourth-order valence-electron chi connectivity index (χ4n) is 2.28. The van der Waals surface area contributed by atoms with Gasteiger partial charge in [-0.15, -0.1) is 0 Å². The summed E-state index contributed by atoms with van der Waals surface area (Å²) in [5.74, 6) is 0. The Morgan fingerprint density at radius 2 is 1.74 bits per heavy atom. The van der Waals surface area contributed by atoms with Gasteiger partial charge < -0.3 is 24.8 Å². The van der Waals surface area contributed by atoms with Crippen LogP contribution in [0.5, 0.6) is 0 Å². The third-order valence-corrected chi connectivity index (χ3v) is 3.60. The quantitative estimate of drug-likeness (QED) is 0.544. The minimum atomic E-state index is -1.08. The molecule has 0 aromatic rings. The molecule has 0 bridgehead atoms. The van der Waals surface area contributed by atoms with Crippen LogP contribution in [0.2, 0.25) is 0 Å². The number of hydrogen-bond donors (Lipinski definition) is 3. The Morgan fingerprint density at radius 3 is 2.42 bits per heavy atom. The van der Waals surface area contributed by atoms with Gasteiger partial charge >= 0.3 is 0 Å². The van der Waals surface area contributed by atoms with E-state index in [4.69, 9.17) is 14.6 Å². The number of aliphatic hydroxyl groups excluding tert-OH is 3. The second-order valence-corrected chi connectivity index (χ2v) is 5.21. The van der Waals surface area contributed by atoms with E-state index in [1.165, 1.54) is 25.7 Å². The van der Waals surface area contributed by atoms with Gasteiger partial charge in [0.25, 0.3) is 0 Å². The lowest BCUT2D eigenvalue weighted by atomic mass is 10.0. The van der Waals surface area contributed by atoms with Crippen molar-refractivity contribution in [2.24, 2.45) is 0 Å². The second-order valence-electron chi connectivity index (χ2n) is 5.21. The maximum absolute atomic E-state index is 9.85. The highest BCUT2D eigenvalue weighted by molar-refractivity contribution is 4.87. The standard InChI is InChI=1S/C14H28O5/c1-2-3-4-5-6-7-8-18-12-10-19-11(9-15)13(16)14(12)17/h11-17H,2-10H2,1H3/t11-,12+,13-,14-/m1/s1. The fraction of sp³-hybridized carbons (Fsp3) is 1.00. The van der Waals surface area contributed by atoms with E-state index in [1.54, 1.807) is 0 Å². The Labute approximate surface area is 115 Å². The average molecular weight is 276 g/mol. The maximum Gasteiger partial charge on any atom is 0.111 e. The molecule has 1 aliphatic heterocycles. The molecule has 1 heterocycles. The SMILES string of the molecule is CCCCCCCCO[C@H]1CO[C@H](CO)[C@@H](O)[C@@H]1O. The van der Waals surface area contributed by atoms with E-state index in [0.717, 1.165) is 12.8 Å². The maximum atomic E-state index is 9.85. The van der Waals surface area contributed by atoms with Gasteiger partial charge in [-0.05, 0) is 6.42 Å². The third kappa shape index (κ3) is 5.75. The molecule has 114 valence electrons. The summed E-state index contributed by atoms with van der Waals surface area (Å²) < 4.78 is 10.8. The van der Waals surface area contributed by atoms with Crippen molar-refractivity contribution in [1.82, 2.24) is 0 Å². The highest BCUT2D eigenvalue weighted by Gasteiger charge is 2.38. The van der Waals surface area contributed by atoms with Crippen LogP contribution in [0.1, 0.15) is 45.4 Å². The summed E-state index contributed by atoms with van der Waals surface area (Å²) in [6.07, 6.45) is 3.85. The van der Waals surface area contributed by atoms with Crippen molar-refractivity contribution in [3.63, 3.8) is 0 Å². The van der Waals surface area contributed by atoms with Crippen molar-refractivity contribution in [1.29, 1.82) is 0 Å². The third-order valence-electron chi connectivity index (χ3n) is 3.60. The Bertz CT molecular complexity index is 224. The number of aliphatic hydroxyl groups is 3. The van der Waals surface area contributed by atoms with Crippen LogP contribution in [-0.4, -0.2) is 59.6 Å². The van der Waals surface area contributed by atoms with Gasteiger partial charge in [-0.25, -0.2) is 0 Å². The largest absolute Gasteiger partial charge is 0.394 e. The lowest BCUT2D eigenvalue weighted by Crippen LogP contribution is -2.55. The summed E-state index contributed by atoms with van der Waals surface area (Å²) in [7, 11) is 0. The van der Waals surface area contributed by atoms with E-state index in [1.807, 2.05) is 0 Å². The minimum Gasteiger partial charge on any atom is -0.394 e. The first-order chi connectivity index (χ1) is 9.20. The monoisotopic (exact) mass is 276 g/mol. The van der Waals surface area contributed by atoms with Gasteiger partial charge in [0.2, 0.25) is 0 Å². The first kappa shape index (κ1) is 16.9. The Morgan fingerprint density at radius 1 is 1.05 bits per heavy atom. The molecule has 0 aliphatic carbocycles. The highest BCUT2D eigenvalue weighted by atomic mass is 16.6. The van der Waals surface area contributed by atoms with E-state index in [2.05, 4.69) is 6.92 Å². The van der Waals surface area contributed by atoms with Crippen molar-refractivity contribution in [3.05, 3.63) is 0 Å². The predicted octanol–water partition coefficient (Wildman–Crippen LogP) is 0.845. The molecule has 0 aromatic heterocycles. The molecule has 0 saturated carbocycles. The number of rotatable bonds is 9. The molecule has 1 saturated heterocycles. The molecule has 1 rings (SSSR count). The number of hydrogen-bond acceptors (Lipinski definition) is 5. The lowest BCUT2D eigenvalue weighted by molar-refractivity contribution is -0.208. The first-order valence-corrected chi connectivity index (χ1v) is 7.40. The molecule has 1 fully saturated rings. The average Bonchev–Trinajstić information content (AvgIpc) is 2.42. The molecular formula is C14H28O5. The Balaban J connectivity index is 2.09. The van der Waals surface area contributed by atoms with E-state index < -0.39 is 24.4 Å². The van der Waals surface area contributed by atoms with Crippen molar-refractivity contribution in [2.45, 2.75) is 69.9 Å². The topological polar surface area (TPSA) is 79.2 Å². The zero-order chi connectivity index (χ0) is 14.1. The van der Waals surface area contributed by atoms with Crippen LogP contribution in [0, 0.1) is 0 Å². The van der Waals surface area contributed by atoms with Crippen LogP contribution < -0.4 is 0 Å².